The van der Waals surface area contributed by atoms with Crippen LogP contribution in [0.1, 0.15) is 41.4 Å². The van der Waals surface area contributed by atoms with Crippen molar-refractivity contribution >= 4 is 57.4 Å². The van der Waals surface area contributed by atoms with Crippen LogP contribution < -0.4 is 18.9 Å². The first-order valence-electron chi connectivity index (χ1n) is 19.1. The Labute approximate surface area is 352 Å². The molecule has 6 aromatic rings. The molecule has 0 bridgehead atoms. The summed E-state index contributed by atoms with van der Waals surface area (Å²) in [5.41, 5.74) is 1.06. The highest BCUT2D eigenvalue weighted by atomic mass is 16.7. The third-order valence-corrected chi connectivity index (χ3v) is 9.95. The SMILES string of the molecule is C=CC(=O)Oc1ccc(C(=O)Oc2ccc3cc(C(=O)OC4CO[C@@H]5[C@@H](OC(=O)c6ccc7cc(OC(=O)c8ccc(OC(=O)C=C)cc8)ccc7c6)CO[C@H]45)ccc3c2)cc1. The zero-order valence-corrected chi connectivity index (χ0v) is 32.6. The highest BCUT2D eigenvalue weighted by molar-refractivity contribution is 5.98. The highest BCUT2D eigenvalue weighted by Crippen LogP contribution is 2.33. The fourth-order valence-corrected chi connectivity index (χ4v) is 6.84. The van der Waals surface area contributed by atoms with Gasteiger partial charge >= 0.3 is 35.8 Å². The summed E-state index contributed by atoms with van der Waals surface area (Å²) < 4.78 is 44.6. The fraction of sp³-hybridized carbons (Fsp3) is 0.125. The van der Waals surface area contributed by atoms with Gasteiger partial charge in [0.1, 0.15) is 35.2 Å². The van der Waals surface area contributed by atoms with E-state index in [1.165, 1.54) is 48.5 Å². The van der Waals surface area contributed by atoms with Gasteiger partial charge < -0.3 is 37.9 Å². The Morgan fingerprint density at radius 1 is 0.419 bits per heavy atom. The van der Waals surface area contributed by atoms with Crippen molar-refractivity contribution in [2.75, 3.05) is 13.2 Å². The van der Waals surface area contributed by atoms with Crippen LogP contribution in [0.15, 0.2) is 147 Å². The second-order valence-electron chi connectivity index (χ2n) is 14.0. The molecule has 2 saturated heterocycles. The average molecular weight is 835 g/mol. The Morgan fingerprint density at radius 3 is 1.15 bits per heavy atom. The lowest BCUT2D eigenvalue weighted by molar-refractivity contribution is -0.129. The van der Waals surface area contributed by atoms with E-state index in [4.69, 9.17) is 37.9 Å². The zero-order chi connectivity index (χ0) is 43.3. The van der Waals surface area contributed by atoms with Crippen LogP contribution >= 0.6 is 0 Å². The van der Waals surface area contributed by atoms with E-state index in [2.05, 4.69) is 13.2 Å². The molecule has 2 aliphatic rings. The van der Waals surface area contributed by atoms with Crippen molar-refractivity contribution < 1.29 is 66.7 Å². The molecule has 310 valence electrons. The summed E-state index contributed by atoms with van der Waals surface area (Å²) in [7, 11) is 0. The van der Waals surface area contributed by atoms with E-state index in [9.17, 15) is 28.8 Å². The van der Waals surface area contributed by atoms with Crippen molar-refractivity contribution in [2.45, 2.75) is 24.4 Å². The quantitative estimate of drug-likeness (QED) is 0.0689. The van der Waals surface area contributed by atoms with E-state index >= 15 is 0 Å². The lowest BCUT2D eigenvalue weighted by Gasteiger charge is -2.17. The van der Waals surface area contributed by atoms with Crippen LogP contribution in [0.5, 0.6) is 23.0 Å². The molecule has 0 radical (unpaired) electrons. The van der Waals surface area contributed by atoms with Crippen LogP contribution in [0.25, 0.3) is 21.5 Å². The Balaban J connectivity index is 0.831. The first-order chi connectivity index (χ1) is 30.0. The molecule has 62 heavy (non-hydrogen) atoms. The summed E-state index contributed by atoms with van der Waals surface area (Å²) in [6, 6.07) is 31.6. The van der Waals surface area contributed by atoms with Crippen LogP contribution in [-0.4, -0.2) is 73.4 Å². The Hall–Kier alpha value is -7.94. The maximum absolute atomic E-state index is 13.3. The van der Waals surface area contributed by atoms with Crippen LogP contribution in [0.3, 0.4) is 0 Å². The fourth-order valence-electron chi connectivity index (χ4n) is 6.84. The van der Waals surface area contributed by atoms with Crippen LogP contribution in [0, 0.1) is 0 Å². The second kappa shape index (κ2) is 17.7. The molecule has 14 nitrogen and oxygen atoms in total. The molecule has 2 heterocycles. The van der Waals surface area contributed by atoms with E-state index in [0.717, 1.165) is 12.2 Å². The molecule has 0 saturated carbocycles. The third kappa shape index (κ3) is 9.11. The summed E-state index contributed by atoms with van der Waals surface area (Å²) in [6.07, 6.45) is -0.737. The first kappa shape index (κ1) is 40.8. The predicted octanol–water partition coefficient (Wildman–Crippen LogP) is 7.16. The van der Waals surface area contributed by atoms with Gasteiger partial charge in [0.15, 0.2) is 12.2 Å². The molecule has 0 amide bonds. The number of carbonyl (C=O) groups excluding carboxylic acids is 6. The highest BCUT2D eigenvalue weighted by Gasteiger charge is 2.51. The summed E-state index contributed by atoms with van der Waals surface area (Å²) in [5, 5.41) is 2.81. The normalized spacial score (nSPS) is 17.6. The molecule has 8 rings (SSSR count). The van der Waals surface area contributed by atoms with Gasteiger partial charge in [0.2, 0.25) is 0 Å². The maximum Gasteiger partial charge on any atom is 0.343 e. The standard InChI is InChI=1S/C48H34O14/c1-3-41(49)57-35-15-9-27(10-16-35)45(51)59-37-19-13-29-21-33(7-5-31(29)23-37)47(53)61-39-25-55-44-40(26-56-43(39)44)62-48(54)34-8-6-32-24-38(20-14-30(32)22-34)60-46(52)28-11-17-36(18-12-28)58-42(50)4-2/h3-24,39-40,43-44H,1-2,25-26H2/t39-,40?,43+,44+/m0/s1. The topological polar surface area (TPSA) is 176 Å². The number of hydrogen-bond donors (Lipinski definition) is 0. The second-order valence-corrected chi connectivity index (χ2v) is 14.0. The van der Waals surface area contributed by atoms with Crippen LogP contribution in [0.4, 0.5) is 0 Å². The average Bonchev–Trinajstić information content (AvgIpc) is 3.88. The smallest absolute Gasteiger partial charge is 0.343 e. The van der Waals surface area contributed by atoms with E-state index in [1.807, 2.05) is 0 Å². The summed E-state index contributed by atoms with van der Waals surface area (Å²) >= 11 is 0. The van der Waals surface area contributed by atoms with Gasteiger partial charge in [-0.05, 0) is 119 Å². The van der Waals surface area contributed by atoms with Gasteiger partial charge in [-0.25, -0.2) is 28.8 Å². The molecule has 0 spiro atoms. The molecule has 0 N–H and O–H groups in total. The molecular weight excluding hydrogens is 801 g/mol. The van der Waals surface area contributed by atoms with E-state index < -0.39 is 60.2 Å². The van der Waals surface area contributed by atoms with Gasteiger partial charge in [-0.1, -0.05) is 37.4 Å². The third-order valence-electron chi connectivity index (χ3n) is 9.95. The summed E-state index contributed by atoms with van der Waals surface area (Å²) in [6.45, 7) is 6.77. The molecule has 1 unspecified atom stereocenters. The minimum Gasteiger partial charge on any atom is -0.453 e. The monoisotopic (exact) mass is 834 g/mol. The molecule has 0 aromatic heterocycles. The molecule has 2 fully saturated rings. The molecule has 2 aliphatic heterocycles. The van der Waals surface area contributed by atoms with Crippen LogP contribution in [-0.2, 0) is 28.5 Å². The number of esters is 6. The van der Waals surface area contributed by atoms with Gasteiger partial charge in [0.25, 0.3) is 0 Å². The lowest BCUT2D eigenvalue weighted by Crippen LogP contribution is -2.36. The van der Waals surface area contributed by atoms with E-state index in [0.29, 0.717) is 21.5 Å². The Morgan fingerprint density at radius 2 is 0.758 bits per heavy atom. The van der Waals surface area contributed by atoms with E-state index in [1.54, 1.807) is 72.8 Å². The zero-order valence-electron chi connectivity index (χ0n) is 32.6. The van der Waals surface area contributed by atoms with Gasteiger partial charge in [-0.15, -0.1) is 0 Å². The number of ether oxygens (including phenoxy) is 8. The molecule has 0 aliphatic carbocycles. The van der Waals surface area contributed by atoms with Crippen LogP contribution in [0.2, 0.25) is 0 Å². The number of rotatable bonds is 12. The molecule has 4 atom stereocenters. The predicted molar refractivity (Wildman–Crippen MR) is 220 cm³/mol. The minimum atomic E-state index is -0.748. The van der Waals surface area contributed by atoms with Crippen molar-refractivity contribution in [2.24, 2.45) is 0 Å². The summed E-state index contributed by atoms with van der Waals surface area (Å²) in [5.74, 6) is -2.57. The number of benzene rings is 6. The number of fused-ring (bicyclic) bond motifs is 3. The van der Waals surface area contributed by atoms with Crippen molar-refractivity contribution in [3.63, 3.8) is 0 Å². The summed E-state index contributed by atoms with van der Waals surface area (Å²) in [4.78, 5) is 74.8. The molecule has 6 aromatic carbocycles. The van der Waals surface area contributed by atoms with Crippen molar-refractivity contribution in [1.82, 2.24) is 0 Å². The minimum absolute atomic E-state index is 0.0412. The van der Waals surface area contributed by atoms with Gasteiger partial charge in [0, 0.05) is 12.2 Å². The van der Waals surface area contributed by atoms with Gasteiger partial charge in [0.05, 0.1) is 35.5 Å². The number of carbonyl (C=O) groups is 6. The maximum atomic E-state index is 13.3. The number of hydrogen-bond acceptors (Lipinski definition) is 14. The first-order valence-corrected chi connectivity index (χ1v) is 19.1. The van der Waals surface area contributed by atoms with Gasteiger partial charge in [-0.3, -0.25) is 0 Å². The van der Waals surface area contributed by atoms with Crippen molar-refractivity contribution in [3.8, 4) is 23.0 Å². The lowest BCUT2D eigenvalue weighted by atomic mass is 10.1. The van der Waals surface area contributed by atoms with E-state index in [-0.39, 0.29) is 58.5 Å². The largest absolute Gasteiger partial charge is 0.453 e. The molecular formula is C48H34O14. The van der Waals surface area contributed by atoms with Crippen molar-refractivity contribution in [1.29, 1.82) is 0 Å². The molecule has 14 heteroatoms. The Bertz CT molecular complexity index is 2580. The van der Waals surface area contributed by atoms with Crippen molar-refractivity contribution in [3.05, 3.63) is 169 Å². The van der Waals surface area contributed by atoms with Gasteiger partial charge in [-0.2, -0.15) is 0 Å². The Kier molecular flexibility index (Phi) is 11.7.